The third kappa shape index (κ3) is 4.55. The van der Waals surface area contributed by atoms with Crippen molar-refractivity contribution >= 4 is 50.6 Å². The fourth-order valence-electron chi connectivity index (χ4n) is 7.37. The number of fused-ring (bicyclic) bond motifs is 3. The second-order valence-corrected chi connectivity index (χ2v) is 15.7. The molecule has 0 radical (unpaired) electrons. The number of hydrogen-bond acceptors (Lipinski definition) is 2. The van der Waals surface area contributed by atoms with Crippen molar-refractivity contribution in [3.63, 3.8) is 0 Å². The Hall–Kier alpha value is -6.46. The highest BCUT2D eigenvalue weighted by atomic mass is 28.3. The molecule has 8 aromatic rings. The fraction of sp³-hybridized carbons (Fsp3) is 0. The molecule has 0 saturated heterocycles. The van der Waals surface area contributed by atoms with E-state index in [9.17, 15) is 10.5 Å². The highest BCUT2D eigenvalue weighted by molar-refractivity contribution is 7.20. The van der Waals surface area contributed by atoms with Crippen LogP contribution in [0.15, 0.2) is 176 Å². The third-order valence-corrected chi connectivity index (χ3v) is 14.3. The summed E-state index contributed by atoms with van der Waals surface area (Å²) in [5.41, 5.74) is 6.14. The maximum absolute atomic E-state index is 10.9. The van der Waals surface area contributed by atoms with Crippen LogP contribution in [0.2, 0.25) is 0 Å². The first-order valence-corrected chi connectivity index (χ1v) is 18.0. The summed E-state index contributed by atoms with van der Waals surface area (Å²) in [6.07, 6.45) is 0. The average molecular weight is 628 g/mol. The molecule has 1 heterocycles. The van der Waals surface area contributed by atoms with Crippen LogP contribution < -0.4 is 20.7 Å². The largest absolute Gasteiger partial charge is 0.309 e. The Labute approximate surface area is 280 Å². The maximum atomic E-state index is 10.9. The normalized spacial score (nSPS) is 11.3. The minimum Gasteiger partial charge on any atom is -0.309 e. The number of hydrogen-bond donors (Lipinski definition) is 0. The molecule has 0 amide bonds. The third-order valence-electron chi connectivity index (χ3n) is 9.42. The zero-order valence-electron chi connectivity index (χ0n) is 26.1. The number of para-hydroxylation sites is 2. The van der Waals surface area contributed by atoms with Crippen molar-refractivity contribution < 1.29 is 0 Å². The molecule has 0 aliphatic carbocycles. The molecule has 0 aliphatic rings. The van der Waals surface area contributed by atoms with E-state index in [0.29, 0.717) is 11.1 Å². The quantitative estimate of drug-likeness (QED) is 0.141. The van der Waals surface area contributed by atoms with Crippen molar-refractivity contribution in [1.29, 1.82) is 10.5 Å². The van der Waals surface area contributed by atoms with E-state index in [-0.39, 0.29) is 0 Å². The Bertz CT molecular complexity index is 2370. The molecule has 7 aromatic carbocycles. The van der Waals surface area contributed by atoms with E-state index < -0.39 is 8.07 Å². The van der Waals surface area contributed by atoms with Crippen molar-refractivity contribution in [3.05, 3.63) is 187 Å². The molecule has 0 bridgehead atoms. The zero-order valence-corrected chi connectivity index (χ0v) is 27.1. The van der Waals surface area contributed by atoms with Gasteiger partial charge in [-0.05, 0) is 56.6 Å². The van der Waals surface area contributed by atoms with Crippen LogP contribution in [-0.4, -0.2) is 12.6 Å². The van der Waals surface area contributed by atoms with Gasteiger partial charge in [0.05, 0.1) is 40.0 Å². The number of rotatable bonds is 6. The number of nitriles is 2. The van der Waals surface area contributed by atoms with Crippen molar-refractivity contribution in [2.75, 3.05) is 0 Å². The highest BCUT2D eigenvalue weighted by Crippen LogP contribution is 2.36. The minimum atomic E-state index is -2.91. The lowest BCUT2D eigenvalue weighted by Gasteiger charge is -2.35. The van der Waals surface area contributed by atoms with Crippen LogP contribution in [0, 0.1) is 22.7 Å². The molecular weight excluding hydrogens is 599 g/mol. The van der Waals surface area contributed by atoms with Crippen LogP contribution in [0.25, 0.3) is 38.6 Å². The summed E-state index contributed by atoms with van der Waals surface area (Å²) in [6, 6.07) is 66.0. The molecule has 0 aliphatic heterocycles. The van der Waals surface area contributed by atoms with Crippen molar-refractivity contribution in [2.24, 2.45) is 0 Å². The predicted octanol–water partition coefficient (Wildman–Crippen LogP) is 7.57. The monoisotopic (exact) mass is 627 g/mol. The van der Waals surface area contributed by atoms with Gasteiger partial charge in [-0.25, -0.2) is 0 Å². The van der Waals surface area contributed by atoms with Gasteiger partial charge >= 0.3 is 0 Å². The first-order valence-electron chi connectivity index (χ1n) is 16.0. The summed E-state index contributed by atoms with van der Waals surface area (Å²) >= 11 is 0. The van der Waals surface area contributed by atoms with Gasteiger partial charge in [0, 0.05) is 16.3 Å². The minimum absolute atomic E-state index is 0.580. The van der Waals surface area contributed by atoms with Gasteiger partial charge in [0.25, 0.3) is 0 Å². The first kappa shape index (κ1) is 29.0. The lowest BCUT2D eigenvalue weighted by Crippen LogP contribution is -2.75. The van der Waals surface area contributed by atoms with E-state index in [0.717, 1.165) is 43.8 Å². The maximum Gasteiger partial charge on any atom is 0.180 e. The second kappa shape index (κ2) is 12.0. The molecule has 0 fully saturated rings. The lowest BCUT2D eigenvalue weighted by atomic mass is 9.99. The predicted molar refractivity (Wildman–Crippen MR) is 199 cm³/mol. The Balaban J connectivity index is 1.42. The highest BCUT2D eigenvalue weighted by Gasteiger charge is 2.43. The topological polar surface area (TPSA) is 52.5 Å². The van der Waals surface area contributed by atoms with Gasteiger partial charge in [0.1, 0.15) is 0 Å². The molecule has 3 nitrogen and oxygen atoms in total. The van der Waals surface area contributed by atoms with Gasteiger partial charge in [-0.2, -0.15) is 10.5 Å². The van der Waals surface area contributed by atoms with Gasteiger partial charge in [-0.1, -0.05) is 146 Å². The van der Waals surface area contributed by atoms with Gasteiger partial charge in [-0.3, -0.25) is 0 Å². The van der Waals surface area contributed by atoms with Gasteiger partial charge < -0.3 is 4.57 Å². The van der Waals surface area contributed by atoms with E-state index in [4.69, 9.17) is 0 Å². The standard InChI is InChI=1S/C44H29N3Si/c45-30-32-24-26-38(43(28-32)47-41-22-12-10-20-39(41)40-21-11-13-23-42(40)47)33-25-27-44(34(29-33)31-46)48(35-14-4-1-5-15-35,36-16-6-2-7-17-36)37-18-8-3-9-19-37/h1-29H. The molecule has 1 aromatic heterocycles. The smallest absolute Gasteiger partial charge is 0.180 e. The zero-order chi connectivity index (χ0) is 32.5. The number of aromatic nitrogens is 1. The van der Waals surface area contributed by atoms with Crippen LogP contribution in [0.1, 0.15) is 11.1 Å². The van der Waals surface area contributed by atoms with Gasteiger partial charge in [-0.15, -0.1) is 0 Å². The van der Waals surface area contributed by atoms with Crippen molar-refractivity contribution in [2.45, 2.75) is 0 Å². The van der Waals surface area contributed by atoms with Gasteiger partial charge in [0.15, 0.2) is 8.07 Å². The molecule has 0 unspecified atom stereocenters. The van der Waals surface area contributed by atoms with Crippen LogP contribution in [-0.2, 0) is 0 Å². The molecule has 0 saturated carbocycles. The summed E-state index contributed by atoms with van der Waals surface area (Å²) in [4.78, 5) is 0. The Morgan fingerprint density at radius 2 is 0.958 bits per heavy atom. The van der Waals surface area contributed by atoms with Crippen LogP contribution in [0.5, 0.6) is 0 Å². The van der Waals surface area contributed by atoms with E-state index in [1.165, 1.54) is 15.6 Å². The number of nitrogens with zero attached hydrogens (tertiary/aromatic N) is 3. The number of benzene rings is 7. The van der Waals surface area contributed by atoms with Crippen molar-refractivity contribution in [3.8, 4) is 29.0 Å². The average Bonchev–Trinajstić information content (AvgIpc) is 3.50. The molecular formula is C44H29N3Si. The summed E-state index contributed by atoms with van der Waals surface area (Å²) in [7, 11) is -2.91. The van der Waals surface area contributed by atoms with E-state index >= 15 is 0 Å². The molecule has 224 valence electrons. The second-order valence-electron chi connectivity index (χ2n) is 11.9. The molecule has 0 spiro atoms. The van der Waals surface area contributed by atoms with Crippen LogP contribution in [0.3, 0.4) is 0 Å². The summed E-state index contributed by atoms with van der Waals surface area (Å²) in [6.45, 7) is 0. The summed E-state index contributed by atoms with van der Waals surface area (Å²) < 4.78 is 2.25. The SMILES string of the molecule is N#Cc1ccc(-c2ccc([Si](c3ccccc3)(c3ccccc3)c3ccccc3)c(C#N)c2)c(-n2c3ccccc3c3ccccc32)c1. The van der Waals surface area contributed by atoms with Crippen molar-refractivity contribution in [1.82, 2.24) is 4.57 Å². The van der Waals surface area contributed by atoms with E-state index in [1.54, 1.807) is 0 Å². The molecule has 0 atom stereocenters. The van der Waals surface area contributed by atoms with E-state index in [1.807, 2.05) is 42.5 Å². The fourth-order valence-corrected chi connectivity index (χ4v) is 12.3. The molecule has 48 heavy (non-hydrogen) atoms. The Morgan fingerprint density at radius 1 is 0.458 bits per heavy atom. The van der Waals surface area contributed by atoms with E-state index in [2.05, 4.69) is 150 Å². The lowest BCUT2D eigenvalue weighted by molar-refractivity contribution is 1.18. The van der Waals surface area contributed by atoms with Crippen LogP contribution >= 0.6 is 0 Å². The van der Waals surface area contributed by atoms with Gasteiger partial charge in [0.2, 0.25) is 0 Å². The Morgan fingerprint density at radius 3 is 1.46 bits per heavy atom. The Kier molecular flexibility index (Phi) is 7.27. The van der Waals surface area contributed by atoms with Crippen LogP contribution in [0.4, 0.5) is 0 Å². The first-order chi connectivity index (χ1) is 23.7. The molecule has 4 heteroatoms. The molecule has 0 N–H and O–H groups in total. The molecule has 8 rings (SSSR count). The summed E-state index contributed by atoms with van der Waals surface area (Å²) in [5, 5.41) is 27.9. The summed E-state index contributed by atoms with van der Waals surface area (Å²) in [5.74, 6) is 0.